The number of benzene rings is 1. The molecule has 0 saturated heterocycles. The van der Waals surface area contributed by atoms with Gasteiger partial charge >= 0.3 is 6.01 Å². The predicted molar refractivity (Wildman–Crippen MR) is 83.2 cm³/mol. The van der Waals surface area contributed by atoms with E-state index in [-0.39, 0.29) is 12.6 Å². The van der Waals surface area contributed by atoms with Gasteiger partial charge in [0.15, 0.2) is 11.5 Å². The van der Waals surface area contributed by atoms with Gasteiger partial charge in [-0.05, 0) is 18.2 Å². The average Bonchev–Trinajstić information content (AvgIpc) is 2.53. The Bertz CT molecular complexity index is 564. The van der Waals surface area contributed by atoms with Gasteiger partial charge in [-0.15, -0.1) is 0 Å². The van der Waals surface area contributed by atoms with Gasteiger partial charge in [0.1, 0.15) is 12.7 Å². The number of rotatable bonds is 8. The predicted octanol–water partition coefficient (Wildman–Crippen LogP) is 2.01. The van der Waals surface area contributed by atoms with Crippen molar-refractivity contribution in [3.8, 4) is 17.5 Å². The van der Waals surface area contributed by atoms with Gasteiger partial charge in [0.05, 0.1) is 0 Å². The maximum Gasteiger partial charge on any atom is 0.321 e. The van der Waals surface area contributed by atoms with Crippen molar-refractivity contribution in [1.82, 2.24) is 15.3 Å². The Hall–Kier alpha value is -2.18. The molecule has 118 valence electrons. The Labute approximate surface area is 130 Å². The number of nitrogens with one attached hydrogen (secondary N) is 1. The van der Waals surface area contributed by atoms with E-state index in [4.69, 9.17) is 9.47 Å². The van der Waals surface area contributed by atoms with Crippen LogP contribution in [0.25, 0.3) is 0 Å². The highest BCUT2D eigenvalue weighted by Crippen LogP contribution is 2.29. The molecule has 0 bridgehead atoms. The number of hydrogen-bond acceptors (Lipinski definition) is 6. The second-order valence-electron chi connectivity index (χ2n) is 5.11. The van der Waals surface area contributed by atoms with Crippen molar-refractivity contribution in [3.63, 3.8) is 0 Å². The number of para-hydroxylation sites is 2. The summed E-state index contributed by atoms with van der Waals surface area (Å²) in [6.07, 6.45) is 2.61. The van der Waals surface area contributed by atoms with Crippen LogP contribution in [0.1, 0.15) is 13.8 Å². The average molecular weight is 303 g/mol. The van der Waals surface area contributed by atoms with Crippen molar-refractivity contribution in [2.45, 2.75) is 26.0 Å². The van der Waals surface area contributed by atoms with E-state index in [0.717, 1.165) is 0 Å². The Balaban J connectivity index is 1.94. The lowest BCUT2D eigenvalue weighted by atomic mass is 10.3. The quantitative estimate of drug-likeness (QED) is 0.777. The zero-order valence-electron chi connectivity index (χ0n) is 12.8. The molecule has 0 fully saturated rings. The summed E-state index contributed by atoms with van der Waals surface area (Å²) >= 11 is 0. The van der Waals surface area contributed by atoms with E-state index >= 15 is 0 Å². The molecule has 6 heteroatoms. The molecule has 0 aliphatic carbocycles. The van der Waals surface area contributed by atoms with Crippen LogP contribution in [-0.2, 0) is 0 Å². The molecule has 1 aromatic carbocycles. The van der Waals surface area contributed by atoms with Gasteiger partial charge in [-0.2, -0.15) is 0 Å². The smallest absolute Gasteiger partial charge is 0.321 e. The van der Waals surface area contributed by atoms with Crippen LogP contribution in [0.2, 0.25) is 0 Å². The minimum Gasteiger partial charge on any atom is -0.487 e. The fraction of sp³-hybridized carbons (Fsp3) is 0.375. The van der Waals surface area contributed by atoms with Crippen molar-refractivity contribution in [1.29, 1.82) is 0 Å². The molecule has 2 N–H and O–H groups in total. The number of aromatic nitrogens is 2. The highest BCUT2D eigenvalue weighted by molar-refractivity contribution is 5.40. The Morgan fingerprint density at radius 3 is 2.45 bits per heavy atom. The summed E-state index contributed by atoms with van der Waals surface area (Å²) in [6, 6.07) is 9.51. The lowest BCUT2D eigenvalue weighted by Crippen LogP contribution is -2.35. The highest BCUT2D eigenvalue weighted by atomic mass is 16.5. The van der Waals surface area contributed by atoms with Crippen LogP contribution >= 0.6 is 0 Å². The molecule has 2 aromatic rings. The van der Waals surface area contributed by atoms with Crippen molar-refractivity contribution >= 4 is 0 Å². The van der Waals surface area contributed by atoms with Crippen LogP contribution in [0.3, 0.4) is 0 Å². The number of aliphatic hydroxyl groups is 1. The second-order valence-corrected chi connectivity index (χ2v) is 5.11. The summed E-state index contributed by atoms with van der Waals surface area (Å²) in [6.45, 7) is 4.70. The number of ether oxygens (including phenoxy) is 2. The van der Waals surface area contributed by atoms with Gasteiger partial charge in [0.25, 0.3) is 0 Å². The topological polar surface area (TPSA) is 76.5 Å². The third-order valence-corrected chi connectivity index (χ3v) is 2.79. The molecule has 1 unspecified atom stereocenters. The van der Waals surface area contributed by atoms with E-state index in [9.17, 15) is 5.11 Å². The Kier molecular flexibility index (Phi) is 6.12. The van der Waals surface area contributed by atoms with Crippen LogP contribution in [0, 0.1) is 0 Å². The van der Waals surface area contributed by atoms with Crippen LogP contribution in [0.5, 0.6) is 17.5 Å². The Morgan fingerprint density at radius 2 is 1.77 bits per heavy atom. The first kappa shape index (κ1) is 16.2. The molecule has 2 rings (SSSR count). The summed E-state index contributed by atoms with van der Waals surface area (Å²) in [5.41, 5.74) is 0. The molecule has 0 saturated carbocycles. The van der Waals surface area contributed by atoms with E-state index in [0.29, 0.717) is 24.1 Å². The molecule has 0 radical (unpaired) electrons. The van der Waals surface area contributed by atoms with Crippen LogP contribution in [0.4, 0.5) is 0 Å². The number of hydrogen-bond donors (Lipinski definition) is 2. The van der Waals surface area contributed by atoms with Gasteiger partial charge in [0.2, 0.25) is 0 Å². The second kappa shape index (κ2) is 8.31. The molecule has 6 nitrogen and oxygen atoms in total. The number of aliphatic hydroxyl groups excluding tert-OH is 1. The summed E-state index contributed by atoms with van der Waals surface area (Å²) in [5.74, 6) is 1.05. The van der Waals surface area contributed by atoms with Gasteiger partial charge in [-0.3, -0.25) is 0 Å². The van der Waals surface area contributed by atoms with Crippen LogP contribution in [0.15, 0.2) is 42.7 Å². The highest BCUT2D eigenvalue weighted by Gasteiger charge is 2.10. The molecular formula is C16H21N3O3. The first-order valence-electron chi connectivity index (χ1n) is 7.23. The molecular weight excluding hydrogens is 282 g/mol. The molecule has 1 heterocycles. The van der Waals surface area contributed by atoms with Crippen LogP contribution in [-0.4, -0.2) is 40.4 Å². The summed E-state index contributed by atoms with van der Waals surface area (Å²) < 4.78 is 11.2. The maximum atomic E-state index is 9.89. The number of nitrogens with zero attached hydrogens (tertiary/aromatic N) is 2. The monoisotopic (exact) mass is 303 g/mol. The van der Waals surface area contributed by atoms with Gasteiger partial charge in [0, 0.05) is 25.0 Å². The van der Waals surface area contributed by atoms with Crippen molar-refractivity contribution in [3.05, 3.63) is 42.7 Å². The molecule has 22 heavy (non-hydrogen) atoms. The van der Waals surface area contributed by atoms with Gasteiger partial charge in [-0.1, -0.05) is 26.0 Å². The normalized spacial score (nSPS) is 12.2. The molecule has 0 spiro atoms. The largest absolute Gasteiger partial charge is 0.487 e. The van der Waals surface area contributed by atoms with E-state index in [1.165, 1.54) is 0 Å². The molecule has 0 aliphatic rings. The third kappa shape index (κ3) is 5.31. The zero-order chi connectivity index (χ0) is 15.8. The minimum atomic E-state index is -0.594. The first-order chi connectivity index (χ1) is 10.6. The fourth-order valence-corrected chi connectivity index (χ4v) is 1.71. The van der Waals surface area contributed by atoms with Gasteiger partial charge < -0.3 is 19.9 Å². The minimum absolute atomic E-state index is 0.176. The molecule has 1 atom stereocenters. The lowest BCUT2D eigenvalue weighted by molar-refractivity contribution is 0.103. The van der Waals surface area contributed by atoms with E-state index in [2.05, 4.69) is 15.3 Å². The third-order valence-electron chi connectivity index (χ3n) is 2.79. The summed E-state index contributed by atoms with van der Waals surface area (Å²) in [5, 5.41) is 13.0. The first-order valence-corrected chi connectivity index (χ1v) is 7.23. The standard InChI is InChI=1S/C16H21N3O3/c1-12(2)19-10-13(20)11-21-14-6-3-4-7-15(14)22-16-17-8-5-9-18-16/h3-9,12-13,19-20H,10-11H2,1-2H3. The van der Waals surface area contributed by atoms with E-state index < -0.39 is 6.10 Å². The molecule has 0 aliphatic heterocycles. The van der Waals surface area contributed by atoms with E-state index in [1.54, 1.807) is 30.6 Å². The van der Waals surface area contributed by atoms with Crippen LogP contribution < -0.4 is 14.8 Å². The maximum absolute atomic E-state index is 9.89. The van der Waals surface area contributed by atoms with Crippen molar-refractivity contribution < 1.29 is 14.6 Å². The lowest BCUT2D eigenvalue weighted by Gasteiger charge is -2.16. The molecule has 1 aromatic heterocycles. The van der Waals surface area contributed by atoms with Crippen molar-refractivity contribution in [2.24, 2.45) is 0 Å². The van der Waals surface area contributed by atoms with E-state index in [1.807, 2.05) is 26.0 Å². The Morgan fingerprint density at radius 1 is 1.09 bits per heavy atom. The zero-order valence-corrected chi connectivity index (χ0v) is 12.8. The SMILES string of the molecule is CC(C)NCC(O)COc1ccccc1Oc1ncccn1. The summed E-state index contributed by atoms with van der Waals surface area (Å²) in [7, 11) is 0. The van der Waals surface area contributed by atoms with Crippen molar-refractivity contribution in [2.75, 3.05) is 13.2 Å². The fourth-order valence-electron chi connectivity index (χ4n) is 1.71. The molecule has 0 amide bonds. The summed E-state index contributed by atoms with van der Waals surface area (Å²) in [4.78, 5) is 8.02. The van der Waals surface area contributed by atoms with Gasteiger partial charge in [-0.25, -0.2) is 9.97 Å².